The second kappa shape index (κ2) is 9.01. The molecule has 5 nitrogen and oxygen atoms in total. The van der Waals surface area contributed by atoms with Crippen LogP contribution in [0.1, 0.15) is 30.0 Å². The minimum absolute atomic E-state index is 0.0360. The van der Waals surface area contributed by atoms with Gasteiger partial charge in [0.1, 0.15) is 0 Å². The fourth-order valence-electron chi connectivity index (χ4n) is 4.28. The molecule has 1 aliphatic carbocycles. The molecule has 0 fully saturated rings. The van der Waals surface area contributed by atoms with E-state index in [-0.39, 0.29) is 23.3 Å². The third-order valence-corrected chi connectivity index (χ3v) is 6.73. The molecule has 1 unspecified atom stereocenters. The zero-order chi connectivity index (χ0) is 21.9. The Morgan fingerprint density at radius 3 is 2.62 bits per heavy atom. The Labute approximate surface area is 190 Å². The molecule has 1 heterocycles. The number of para-hydroxylation sites is 2. The van der Waals surface area contributed by atoms with Gasteiger partial charge in [0.25, 0.3) is 5.56 Å². The maximum Gasteiger partial charge on any atom is 0.266 e. The maximum atomic E-state index is 13.3. The Hall–Kier alpha value is -3.38. The number of thioether (sulfide) groups is 1. The van der Waals surface area contributed by atoms with E-state index in [2.05, 4.69) is 17.4 Å². The van der Waals surface area contributed by atoms with Crippen molar-refractivity contribution in [1.29, 1.82) is 0 Å². The van der Waals surface area contributed by atoms with Gasteiger partial charge in [-0.25, -0.2) is 4.98 Å². The second-order valence-corrected chi connectivity index (χ2v) is 8.83. The molecule has 1 amide bonds. The number of carbonyl (C=O) groups excluding carboxylic acids is 1. The Morgan fingerprint density at radius 1 is 1.00 bits per heavy atom. The minimum atomic E-state index is -0.133. The van der Waals surface area contributed by atoms with Crippen LogP contribution in [0.2, 0.25) is 0 Å². The number of aromatic nitrogens is 2. The van der Waals surface area contributed by atoms with E-state index in [1.807, 2.05) is 60.7 Å². The van der Waals surface area contributed by atoms with Crippen molar-refractivity contribution >= 4 is 28.6 Å². The van der Waals surface area contributed by atoms with Crippen molar-refractivity contribution in [3.63, 3.8) is 0 Å². The SMILES string of the molecule is O=C(CSc1nc2ccccc2c(=O)n1-c1ccccc1)NC1CCCc2ccccc21. The molecule has 1 atom stereocenters. The van der Waals surface area contributed by atoms with Crippen molar-refractivity contribution in [3.8, 4) is 5.69 Å². The molecule has 0 radical (unpaired) electrons. The standard InChI is InChI=1S/C26H23N3O2S/c30-24(27-22-16-8-10-18-9-4-5-13-20(18)22)17-32-26-28-23-15-7-6-14-21(23)25(31)29(26)19-11-2-1-3-12-19/h1-7,9,11-15,22H,8,10,16-17H2,(H,27,30). The quantitative estimate of drug-likeness (QED) is 0.361. The first-order chi connectivity index (χ1) is 15.7. The molecule has 1 N–H and O–H groups in total. The van der Waals surface area contributed by atoms with Crippen molar-refractivity contribution in [3.05, 3.63) is 100 Å². The molecule has 3 aromatic carbocycles. The molecular formula is C26H23N3O2S. The van der Waals surface area contributed by atoms with E-state index >= 15 is 0 Å². The lowest BCUT2D eigenvalue weighted by Gasteiger charge is -2.26. The molecule has 6 heteroatoms. The normalized spacial score (nSPS) is 15.3. The summed E-state index contributed by atoms with van der Waals surface area (Å²) < 4.78 is 1.59. The average Bonchev–Trinajstić information content (AvgIpc) is 2.84. The molecular weight excluding hydrogens is 418 g/mol. The van der Waals surface area contributed by atoms with Crippen molar-refractivity contribution in [2.75, 3.05) is 5.75 Å². The molecule has 1 aliphatic rings. The summed E-state index contributed by atoms with van der Waals surface area (Å²) >= 11 is 1.29. The second-order valence-electron chi connectivity index (χ2n) is 7.89. The minimum Gasteiger partial charge on any atom is -0.349 e. The molecule has 0 saturated carbocycles. The number of hydrogen-bond donors (Lipinski definition) is 1. The van der Waals surface area contributed by atoms with E-state index in [1.54, 1.807) is 10.6 Å². The average molecular weight is 442 g/mol. The third-order valence-electron chi connectivity index (χ3n) is 5.80. The number of carbonyl (C=O) groups is 1. The number of benzene rings is 3. The highest BCUT2D eigenvalue weighted by Gasteiger charge is 2.22. The van der Waals surface area contributed by atoms with Crippen LogP contribution in [-0.2, 0) is 11.2 Å². The molecule has 32 heavy (non-hydrogen) atoms. The summed E-state index contributed by atoms with van der Waals surface area (Å²) in [5, 5.41) is 4.25. The topological polar surface area (TPSA) is 64.0 Å². The summed E-state index contributed by atoms with van der Waals surface area (Å²) in [7, 11) is 0. The van der Waals surface area contributed by atoms with Crippen molar-refractivity contribution in [1.82, 2.24) is 14.9 Å². The Morgan fingerprint density at radius 2 is 1.75 bits per heavy atom. The van der Waals surface area contributed by atoms with Crippen LogP contribution in [0.15, 0.2) is 88.8 Å². The summed E-state index contributed by atoms with van der Waals surface area (Å²) in [6, 6.07) is 25.1. The fourth-order valence-corrected chi connectivity index (χ4v) is 5.11. The van der Waals surface area contributed by atoms with E-state index in [4.69, 9.17) is 4.98 Å². The number of nitrogens with one attached hydrogen (secondary N) is 1. The molecule has 4 aromatic rings. The van der Waals surface area contributed by atoms with Crippen molar-refractivity contribution in [2.24, 2.45) is 0 Å². The predicted octanol–water partition coefficient (Wildman–Crippen LogP) is 4.67. The van der Waals surface area contributed by atoms with Crippen molar-refractivity contribution in [2.45, 2.75) is 30.5 Å². The first kappa shape index (κ1) is 20.5. The monoisotopic (exact) mass is 441 g/mol. The smallest absolute Gasteiger partial charge is 0.266 e. The number of fused-ring (bicyclic) bond motifs is 2. The fraction of sp³-hybridized carbons (Fsp3) is 0.192. The molecule has 160 valence electrons. The van der Waals surface area contributed by atoms with E-state index in [0.717, 1.165) is 24.9 Å². The van der Waals surface area contributed by atoms with Crippen LogP contribution >= 0.6 is 11.8 Å². The van der Waals surface area contributed by atoms with Gasteiger partial charge in [-0.15, -0.1) is 0 Å². The highest BCUT2D eigenvalue weighted by atomic mass is 32.2. The van der Waals surface area contributed by atoms with Gasteiger partial charge in [-0.05, 0) is 54.7 Å². The number of hydrogen-bond acceptors (Lipinski definition) is 4. The van der Waals surface area contributed by atoms with E-state index in [9.17, 15) is 9.59 Å². The van der Waals surface area contributed by atoms with Gasteiger partial charge in [-0.2, -0.15) is 0 Å². The third kappa shape index (κ3) is 4.06. The Balaban J connectivity index is 1.41. The van der Waals surface area contributed by atoms with Gasteiger partial charge < -0.3 is 5.32 Å². The highest BCUT2D eigenvalue weighted by Crippen LogP contribution is 2.29. The number of rotatable bonds is 5. The zero-order valence-corrected chi connectivity index (χ0v) is 18.3. The molecule has 0 bridgehead atoms. The van der Waals surface area contributed by atoms with Gasteiger partial charge in [0, 0.05) is 0 Å². The first-order valence-corrected chi connectivity index (χ1v) is 11.8. The first-order valence-electron chi connectivity index (χ1n) is 10.8. The molecule has 5 rings (SSSR count). The van der Waals surface area contributed by atoms with Crippen LogP contribution in [0, 0.1) is 0 Å². The number of nitrogens with zero attached hydrogens (tertiary/aromatic N) is 2. The van der Waals surface area contributed by atoms with Gasteiger partial charge >= 0.3 is 0 Å². The zero-order valence-electron chi connectivity index (χ0n) is 17.5. The lowest BCUT2D eigenvalue weighted by molar-refractivity contribution is -0.119. The summed E-state index contributed by atoms with van der Waals surface area (Å²) in [5.74, 6) is 0.134. The van der Waals surface area contributed by atoms with Crippen LogP contribution in [0.25, 0.3) is 16.6 Å². The summed E-state index contributed by atoms with van der Waals surface area (Å²) in [4.78, 5) is 30.8. The van der Waals surface area contributed by atoms with Gasteiger partial charge in [0.2, 0.25) is 5.91 Å². The van der Waals surface area contributed by atoms with Crippen LogP contribution in [0.4, 0.5) is 0 Å². The summed E-state index contributed by atoms with van der Waals surface area (Å²) in [5.41, 5.74) is 3.76. The van der Waals surface area contributed by atoms with Crippen LogP contribution in [0.5, 0.6) is 0 Å². The summed E-state index contributed by atoms with van der Waals surface area (Å²) in [6.07, 6.45) is 3.06. The maximum absolute atomic E-state index is 13.3. The highest BCUT2D eigenvalue weighted by molar-refractivity contribution is 7.99. The Bertz CT molecular complexity index is 1330. The Kier molecular flexibility index (Phi) is 5.77. The lowest BCUT2D eigenvalue weighted by Crippen LogP contribution is -2.32. The van der Waals surface area contributed by atoms with Gasteiger partial charge in [0.15, 0.2) is 5.16 Å². The largest absolute Gasteiger partial charge is 0.349 e. The van der Waals surface area contributed by atoms with Crippen molar-refractivity contribution < 1.29 is 4.79 Å². The van der Waals surface area contributed by atoms with Crippen LogP contribution < -0.4 is 10.9 Å². The van der Waals surface area contributed by atoms with Gasteiger partial charge in [0.05, 0.1) is 28.4 Å². The van der Waals surface area contributed by atoms with Crippen LogP contribution in [-0.4, -0.2) is 21.2 Å². The number of amides is 1. The molecule has 0 aliphatic heterocycles. The van der Waals surface area contributed by atoms with E-state index < -0.39 is 0 Å². The summed E-state index contributed by atoms with van der Waals surface area (Å²) in [6.45, 7) is 0. The lowest BCUT2D eigenvalue weighted by atomic mass is 9.88. The molecule has 0 spiro atoms. The molecule has 1 aromatic heterocycles. The predicted molar refractivity (Wildman–Crippen MR) is 128 cm³/mol. The van der Waals surface area contributed by atoms with Gasteiger partial charge in [-0.1, -0.05) is 66.4 Å². The number of aryl methyl sites for hydroxylation is 1. The van der Waals surface area contributed by atoms with Gasteiger partial charge in [-0.3, -0.25) is 14.2 Å². The van der Waals surface area contributed by atoms with E-state index in [0.29, 0.717) is 16.1 Å². The van der Waals surface area contributed by atoms with E-state index in [1.165, 1.54) is 22.9 Å². The molecule has 0 saturated heterocycles. The van der Waals surface area contributed by atoms with Crippen LogP contribution in [0.3, 0.4) is 0 Å².